The molecule has 2 N–H and O–H groups in total. The van der Waals surface area contributed by atoms with Gasteiger partial charge in [-0.05, 0) is 18.1 Å². The number of benzene rings is 1. The number of carbonyl (C=O) groups is 1. The molecule has 0 aliphatic rings. The van der Waals surface area contributed by atoms with Gasteiger partial charge in [0.25, 0.3) is 0 Å². The van der Waals surface area contributed by atoms with Crippen molar-refractivity contribution in [1.29, 1.82) is 5.26 Å². The highest BCUT2D eigenvalue weighted by Crippen LogP contribution is 2.23. The third-order valence-electron chi connectivity index (χ3n) is 2.87. The first kappa shape index (κ1) is 11.2. The number of aromatic amines is 1. The second-order valence-electron chi connectivity index (χ2n) is 4.10. The van der Waals surface area contributed by atoms with Crippen LogP contribution in [-0.2, 0) is 11.2 Å². The van der Waals surface area contributed by atoms with Gasteiger partial charge in [0, 0.05) is 11.6 Å². The molecule has 1 heterocycles. The quantitative estimate of drug-likeness (QED) is 0.846. The minimum absolute atomic E-state index is 0.431. The smallest absolute Gasteiger partial charge is 0.306 e. The van der Waals surface area contributed by atoms with Gasteiger partial charge in [-0.3, -0.25) is 4.79 Å². The van der Waals surface area contributed by atoms with E-state index < -0.39 is 11.9 Å². The van der Waals surface area contributed by atoms with Crippen molar-refractivity contribution in [1.82, 2.24) is 4.98 Å². The van der Waals surface area contributed by atoms with Crippen molar-refractivity contribution >= 4 is 16.9 Å². The maximum atomic E-state index is 10.8. The summed E-state index contributed by atoms with van der Waals surface area (Å²) in [6, 6.07) is 7.56. The van der Waals surface area contributed by atoms with Gasteiger partial charge >= 0.3 is 5.97 Å². The molecule has 0 spiro atoms. The highest BCUT2D eigenvalue weighted by molar-refractivity contribution is 5.88. The van der Waals surface area contributed by atoms with Crippen LogP contribution in [-0.4, -0.2) is 16.1 Å². The molecular weight excluding hydrogens is 216 g/mol. The summed E-state index contributed by atoms with van der Waals surface area (Å²) in [4.78, 5) is 13.9. The van der Waals surface area contributed by atoms with Crippen LogP contribution in [0.5, 0.6) is 0 Å². The first-order chi connectivity index (χ1) is 8.13. The lowest BCUT2D eigenvalue weighted by Crippen LogP contribution is -2.11. The maximum Gasteiger partial charge on any atom is 0.306 e. The molecule has 0 bridgehead atoms. The van der Waals surface area contributed by atoms with Gasteiger partial charge in [-0.15, -0.1) is 0 Å². The molecule has 4 nitrogen and oxygen atoms in total. The zero-order chi connectivity index (χ0) is 12.4. The fourth-order valence-corrected chi connectivity index (χ4v) is 1.89. The van der Waals surface area contributed by atoms with Crippen LogP contribution in [0.15, 0.2) is 24.4 Å². The number of aliphatic carboxylic acids is 1. The van der Waals surface area contributed by atoms with Gasteiger partial charge in [-0.1, -0.05) is 19.1 Å². The molecule has 17 heavy (non-hydrogen) atoms. The van der Waals surface area contributed by atoms with Crippen molar-refractivity contribution in [2.24, 2.45) is 5.92 Å². The van der Waals surface area contributed by atoms with Crippen LogP contribution in [0.4, 0.5) is 0 Å². The molecule has 2 rings (SSSR count). The zero-order valence-corrected chi connectivity index (χ0v) is 9.40. The Morgan fingerprint density at radius 2 is 2.35 bits per heavy atom. The molecule has 1 aromatic heterocycles. The van der Waals surface area contributed by atoms with Crippen molar-refractivity contribution in [3.05, 3.63) is 35.5 Å². The maximum absolute atomic E-state index is 10.8. The first-order valence-corrected chi connectivity index (χ1v) is 5.35. The van der Waals surface area contributed by atoms with Crippen molar-refractivity contribution in [2.75, 3.05) is 0 Å². The summed E-state index contributed by atoms with van der Waals surface area (Å²) in [6.45, 7) is 1.68. The number of hydrogen-bond acceptors (Lipinski definition) is 2. The molecule has 0 saturated heterocycles. The van der Waals surface area contributed by atoms with Gasteiger partial charge in [0.15, 0.2) is 0 Å². The van der Waals surface area contributed by atoms with Gasteiger partial charge in [0.1, 0.15) is 6.07 Å². The van der Waals surface area contributed by atoms with Crippen molar-refractivity contribution < 1.29 is 9.90 Å². The van der Waals surface area contributed by atoms with E-state index in [2.05, 4.69) is 11.1 Å². The summed E-state index contributed by atoms with van der Waals surface area (Å²) < 4.78 is 0. The summed E-state index contributed by atoms with van der Waals surface area (Å²) in [5.41, 5.74) is 2.30. The molecule has 1 aromatic carbocycles. The molecule has 0 saturated carbocycles. The topological polar surface area (TPSA) is 76.9 Å². The Kier molecular flexibility index (Phi) is 2.84. The Balaban J connectivity index is 2.44. The first-order valence-electron chi connectivity index (χ1n) is 5.35. The number of rotatable bonds is 3. The Labute approximate surface area is 98.5 Å². The van der Waals surface area contributed by atoms with E-state index in [9.17, 15) is 4.79 Å². The van der Waals surface area contributed by atoms with Crippen LogP contribution in [0, 0.1) is 17.2 Å². The molecule has 1 atom stereocenters. The number of H-pyrrole nitrogens is 1. The molecule has 4 heteroatoms. The van der Waals surface area contributed by atoms with Crippen molar-refractivity contribution in [3.8, 4) is 6.07 Å². The lowest BCUT2D eigenvalue weighted by Gasteiger charge is -2.04. The number of hydrogen-bond donors (Lipinski definition) is 2. The number of fused-ring (bicyclic) bond motifs is 1. The Hall–Kier alpha value is -2.28. The predicted molar refractivity (Wildman–Crippen MR) is 63.5 cm³/mol. The van der Waals surface area contributed by atoms with E-state index in [1.165, 1.54) is 0 Å². The van der Waals surface area contributed by atoms with E-state index in [-0.39, 0.29) is 0 Å². The number of para-hydroxylation sites is 1. The van der Waals surface area contributed by atoms with E-state index >= 15 is 0 Å². The number of nitriles is 1. The third kappa shape index (κ3) is 2.00. The van der Waals surface area contributed by atoms with Gasteiger partial charge in [-0.2, -0.15) is 5.26 Å². The number of aromatic nitrogens is 1. The molecule has 0 amide bonds. The van der Waals surface area contributed by atoms with E-state index in [1.807, 2.05) is 12.1 Å². The summed E-state index contributed by atoms with van der Waals surface area (Å²) in [5.74, 6) is -1.24. The van der Waals surface area contributed by atoms with Crippen LogP contribution < -0.4 is 0 Å². The highest BCUT2D eigenvalue weighted by atomic mass is 16.4. The van der Waals surface area contributed by atoms with Crippen LogP contribution >= 0.6 is 0 Å². The van der Waals surface area contributed by atoms with Gasteiger partial charge < -0.3 is 10.1 Å². The predicted octanol–water partition coefficient (Wildman–Crippen LogP) is 2.30. The Morgan fingerprint density at radius 1 is 1.59 bits per heavy atom. The minimum Gasteiger partial charge on any atom is -0.481 e. The molecule has 0 aliphatic carbocycles. The fraction of sp³-hybridized carbons (Fsp3) is 0.231. The summed E-state index contributed by atoms with van der Waals surface area (Å²) >= 11 is 0. The van der Waals surface area contributed by atoms with Crippen LogP contribution in [0.25, 0.3) is 10.9 Å². The molecule has 1 unspecified atom stereocenters. The lowest BCUT2D eigenvalue weighted by atomic mass is 10.00. The average molecular weight is 228 g/mol. The van der Waals surface area contributed by atoms with Crippen LogP contribution in [0.1, 0.15) is 18.1 Å². The van der Waals surface area contributed by atoms with Gasteiger partial charge in [-0.25, -0.2) is 0 Å². The molecule has 0 fully saturated rings. The monoisotopic (exact) mass is 228 g/mol. The van der Waals surface area contributed by atoms with Gasteiger partial charge in [0.2, 0.25) is 0 Å². The number of carboxylic acid groups (broad SMARTS) is 1. The second-order valence-corrected chi connectivity index (χ2v) is 4.10. The minimum atomic E-state index is -0.809. The fourth-order valence-electron chi connectivity index (χ4n) is 1.89. The van der Waals surface area contributed by atoms with Crippen LogP contribution in [0.3, 0.4) is 0 Å². The molecule has 2 aromatic rings. The van der Waals surface area contributed by atoms with E-state index in [4.69, 9.17) is 10.4 Å². The third-order valence-corrected chi connectivity index (χ3v) is 2.87. The van der Waals surface area contributed by atoms with Crippen molar-refractivity contribution in [3.63, 3.8) is 0 Å². The molecule has 0 radical (unpaired) electrons. The second kappa shape index (κ2) is 4.30. The standard InChI is InChI=1S/C13H12N2O2/c1-8(13(16)17)5-10-7-15-12-9(6-14)3-2-4-11(10)12/h2-4,7-8,15H,5H2,1H3,(H,16,17). The highest BCUT2D eigenvalue weighted by Gasteiger charge is 2.15. The Morgan fingerprint density at radius 3 is 3.00 bits per heavy atom. The van der Waals surface area contributed by atoms with E-state index in [0.29, 0.717) is 12.0 Å². The number of carboxylic acids is 1. The normalized spacial score (nSPS) is 12.2. The molecule has 86 valence electrons. The Bertz CT molecular complexity index is 607. The van der Waals surface area contributed by atoms with Gasteiger partial charge in [0.05, 0.1) is 17.0 Å². The van der Waals surface area contributed by atoms with E-state index in [1.54, 1.807) is 19.2 Å². The number of nitrogens with zero attached hydrogens (tertiary/aromatic N) is 1. The van der Waals surface area contributed by atoms with Crippen molar-refractivity contribution in [2.45, 2.75) is 13.3 Å². The largest absolute Gasteiger partial charge is 0.481 e. The zero-order valence-electron chi connectivity index (χ0n) is 9.40. The SMILES string of the molecule is CC(Cc1c[nH]c2c(C#N)cccc12)C(=O)O. The average Bonchev–Trinajstić information content (AvgIpc) is 2.72. The molecular formula is C13H12N2O2. The van der Waals surface area contributed by atoms with Crippen LogP contribution in [0.2, 0.25) is 0 Å². The summed E-state index contributed by atoms with van der Waals surface area (Å²) in [5, 5.41) is 18.8. The van der Waals surface area contributed by atoms with E-state index in [0.717, 1.165) is 16.5 Å². The summed E-state index contributed by atoms with van der Waals surface area (Å²) in [6.07, 6.45) is 2.25. The lowest BCUT2D eigenvalue weighted by molar-refractivity contribution is -0.141. The number of nitrogens with one attached hydrogen (secondary N) is 1. The molecule has 0 aliphatic heterocycles. The summed E-state index contributed by atoms with van der Waals surface area (Å²) in [7, 11) is 0.